The minimum Gasteiger partial charge on any atom is -0.456 e. The van der Waals surface area contributed by atoms with Gasteiger partial charge in [0.15, 0.2) is 0 Å². The van der Waals surface area contributed by atoms with E-state index in [0.717, 1.165) is 61.4 Å². The van der Waals surface area contributed by atoms with Gasteiger partial charge in [-0.1, -0.05) is 182 Å². The molecule has 3 heteroatoms. The van der Waals surface area contributed by atoms with E-state index >= 15 is 0 Å². The zero-order valence-electron chi connectivity index (χ0n) is 37.6. The molecule has 3 nitrogen and oxygen atoms in total. The average molecular weight is 879 g/mol. The molecule has 0 atom stereocenters. The summed E-state index contributed by atoms with van der Waals surface area (Å²) in [5, 5.41) is 12.3. The molecule has 0 N–H and O–H groups in total. The second kappa shape index (κ2) is 15.7. The Morgan fingerprint density at radius 3 is 1.35 bits per heavy atom. The Kier molecular flexibility index (Phi) is 8.90. The van der Waals surface area contributed by atoms with Crippen LogP contribution in [-0.4, -0.2) is 4.57 Å². The van der Waals surface area contributed by atoms with Gasteiger partial charge < -0.3 is 13.9 Å². The van der Waals surface area contributed by atoms with Crippen molar-refractivity contribution >= 4 is 93.1 Å². The topological polar surface area (TPSA) is 21.3 Å². The average Bonchev–Trinajstić information content (AvgIpc) is 3.98. The number of hydrogen-bond acceptors (Lipinski definition) is 2. The van der Waals surface area contributed by atoms with E-state index in [2.05, 4.69) is 258 Å². The van der Waals surface area contributed by atoms with Crippen LogP contribution in [0, 0.1) is 0 Å². The summed E-state index contributed by atoms with van der Waals surface area (Å²) in [6, 6.07) is 92.5. The molecule has 14 aromatic rings. The van der Waals surface area contributed by atoms with Crippen LogP contribution in [-0.2, 0) is 0 Å². The molecule has 2 aromatic heterocycles. The maximum atomic E-state index is 6.34. The van der Waals surface area contributed by atoms with Gasteiger partial charge in [-0.2, -0.15) is 0 Å². The monoisotopic (exact) mass is 878 g/mol. The quantitative estimate of drug-likeness (QED) is 0.149. The molecule has 0 saturated carbocycles. The van der Waals surface area contributed by atoms with Crippen molar-refractivity contribution in [2.24, 2.45) is 0 Å². The van der Waals surface area contributed by atoms with Crippen LogP contribution in [0.1, 0.15) is 0 Å². The number of para-hydroxylation sites is 3. The molecule has 0 aliphatic heterocycles. The van der Waals surface area contributed by atoms with Gasteiger partial charge in [-0.15, -0.1) is 0 Å². The number of benzene rings is 12. The lowest BCUT2D eigenvalue weighted by atomic mass is 9.94. The first-order valence-electron chi connectivity index (χ1n) is 23.7. The highest BCUT2D eigenvalue weighted by Gasteiger charge is 2.19. The molecule has 0 radical (unpaired) electrons. The predicted molar refractivity (Wildman–Crippen MR) is 292 cm³/mol. The molecule has 0 amide bonds. The van der Waals surface area contributed by atoms with Crippen LogP contribution >= 0.6 is 0 Å². The lowest BCUT2D eigenvalue weighted by molar-refractivity contribution is 0.669. The van der Waals surface area contributed by atoms with Crippen LogP contribution in [0.5, 0.6) is 0 Å². The third-order valence-electron chi connectivity index (χ3n) is 14.2. The lowest BCUT2D eigenvalue weighted by Crippen LogP contribution is -2.10. The first-order valence-corrected chi connectivity index (χ1v) is 23.7. The molecule has 0 bridgehead atoms. The summed E-state index contributed by atoms with van der Waals surface area (Å²) < 4.78 is 8.71. The molecule has 0 spiro atoms. The first kappa shape index (κ1) is 39.0. The largest absolute Gasteiger partial charge is 0.456 e. The second-order valence-corrected chi connectivity index (χ2v) is 18.0. The van der Waals surface area contributed by atoms with Crippen molar-refractivity contribution in [3.63, 3.8) is 0 Å². The maximum Gasteiger partial charge on any atom is 0.136 e. The van der Waals surface area contributed by atoms with Crippen LogP contribution in [0.2, 0.25) is 0 Å². The Morgan fingerprint density at radius 2 is 0.725 bits per heavy atom. The fourth-order valence-electron chi connectivity index (χ4n) is 11.0. The third kappa shape index (κ3) is 6.36. The van der Waals surface area contributed by atoms with Crippen LogP contribution in [0.25, 0.3) is 115 Å². The van der Waals surface area contributed by atoms with Crippen LogP contribution < -0.4 is 4.90 Å². The molecule has 0 fully saturated rings. The van der Waals surface area contributed by atoms with Gasteiger partial charge in [0.05, 0.1) is 11.0 Å². The van der Waals surface area contributed by atoms with E-state index in [-0.39, 0.29) is 0 Å². The van der Waals surface area contributed by atoms with Crippen molar-refractivity contribution < 1.29 is 4.42 Å². The number of fused-ring (bicyclic) bond motifs is 12. The van der Waals surface area contributed by atoms with Gasteiger partial charge in [0, 0.05) is 44.3 Å². The number of nitrogens with zero attached hydrogens (tertiary/aromatic N) is 2. The van der Waals surface area contributed by atoms with Crippen LogP contribution in [0.4, 0.5) is 17.1 Å². The molecule has 14 rings (SSSR count). The molecule has 0 saturated heterocycles. The van der Waals surface area contributed by atoms with Gasteiger partial charge in [0.1, 0.15) is 11.2 Å². The summed E-state index contributed by atoms with van der Waals surface area (Å²) in [4.78, 5) is 2.40. The zero-order chi connectivity index (χ0) is 45.4. The normalized spacial score (nSPS) is 11.8. The predicted octanol–water partition coefficient (Wildman–Crippen LogP) is 18.6. The molecule has 2 heterocycles. The van der Waals surface area contributed by atoms with Crippen molar-refractivity contribution in [3.8, 4) is 39.1 Å². The Balaban J connectivity index is 0.842. The van der Waals surface area contributed by atoms with Gasteiger partial charge >= 0.3 is 0 Å². The number of hydrogen-bond donors (Lipinski definition) is 0. The van der Waals surface area contributed by atoms with E-state index < -0.39 is 0 Å². The lowest BCUT2D eigenvalue weighted by Gasteiger charge is -2.27. The van der Waals surface area contributed by atoms with E-state index in [0.29, 0.717) is 0 Å². The Hall–Kier alpha value is -9.18. The fourth-order valence-corrected chi connectivity index (χ4v) is 11.0. The van der Waals surface area contributed by atoms with Gasteiger partial charge in [-0.3, -0.25) is 0 Å². The number of aromatic nitrogens is 1. The molecule has 0 aliphatic carbocycles. The fraction of sp³-hybridized carbons (Fsp3) is 0. The summed E-state index contributed by atoms with van der Waals surface area (Å²) in [6.07, 6.45) is 0. The Bertz CT molecular complexity index is 4200. The van der Waals surface area contributed by atoms with E-state index in [1.165, 1.54) is 70.8 Å². The van der Waals surface area contributed by atoms with Crippen molar-refractivity contribution in [1.29, 1.82) is 0 Å². The van der Waals surface area contributed by atoms with Gasteiger partial charge in [0.2, 0.25) is 0 Å². The summed E-state index contributed by atoms with van der Waals surface area (Å²) in [5.74, 6) is 0. The number of rotatable bonds is 7. The molecule has 0 unspecified atom stereocenters. The molecular formula is C66H42N2O. The summed E-state index contributed by atoms with van der Waals surface area (Å²) >= 11 is 0. The van der Waals surface area contributed by atoms with Crippen molar-refractivity contribution in [2.75, 3.05) is 4.90 Å². The minimum atomic E-state index is 0.890. The van der Waals surface area contributed by atoms with E-state index in [4.69, 9.17) is 4.42 Å². The van der Waals surface area contributed by atoms with E-state index in [9.17, 15) is 0 Å². The maximum absolute atomic E-state index is 6.34. The van der Waals surface area contributed by atoms with E-state index in [1.807, 2.05) is 6.07 Å². The summed E-state index contributed by atoms with van der Waals surface area (Å²) in [6.45, 7) is 0. The molecule has 0 aliphatic rings. The highest BCUT2D eigenvalue weighted by Crippen LogP contribution is 2.44. The van der Waals surface area contributed by atoms with Gasteiger partial charge in [0.25, 0.3) is 0 Å². The highest BCUT2D eigenvalue weighted by molar-refractivity contribution is 6.26. The SMILES string of the molecule is c1cc(-c2cccc3oc4ccccc4c23)cc(N(c2ccc(-c3ccc(-c4ccc(-n5c6ccccc6c6ccccc65)cc4)cc3)cc2)c2ccc3c4ccccc4c4ccccc4c3c2)c1. The molecule has 12 aromatic carbocycles. The summed E-state index contributed by atoms with van der Waals surface area (Å²) in [7, 11) is 0. The smallest absolute Gasteiger partial charge is 0.136 e. The second-order valence-electron chi connectivity index (χ2n) is 18.0. The van der Waals surface area contributed by atoms with Gasteiger partial charge in [-0.25, -0.2) is 0 Å². The molecular weight excluding hydrogens is 837 g/mol. The van der Waals surface area contributed by atoms with Crippen molar-refractivity contribution in [2.45, 2.75) is 0 Å². The molecule has 69 heavy (non-hydrogen) atoms. The first-order chi connectivity index (χ1) is 34.2. The minimum absolute atomic E-state index is 0.890. The van der Waals surface area contributed by atoms with Crippen LogP contribution in [0.15, 0.2) is 259 Å². The van der Waals surface area contributed by atoms with Gasteiger partial charge in [-0.05, 0) is 138 Å². The number of furan rings is 1. The Labute approximate surface area is 399 Å². The number of anilines is 3. The van der Waals surface area contributed by atoms with Crippen molar-refractivity contribution in [1.82, 2.24) is 4.57 Å². The Morgan fingerprint density at radius 1 is 0.275 bits per heavy atom. The van der Waals surface area contributed by atoms with Crippen LogP contribution in [0.3, 0.4) is 0 Å². The summed E-state index contributed by atoms with van der Waals surface area (Å²) in [5.41, 5.74) is 15.6. The standard InChI is InChI=1S/C66H42N2O/c1-2-17-55-53(15-1)54-16-3-4-18-56(54)61-42-51(39-40-57(55)61)67(50-14-11-13-47(41-50)52-22-12-26-65-66(52)60-21-7-10-25-64(60)69-65)48-35-31-45(32-36-48)43-27-29-44(30-28-43)46-33-37-49(38-34-46)68-62-23-8-5-19-58(62)59-20-6-9-24-63(59)68/h1-42H. The highest BCUT2D eigenvalue weighted by atomic mass is 16.3. The van der Waals surface area contributed by atoms with Crippen molar-refractivity contribution in [3.05, 3.63) is 255 Å². The zero-order valence-corrected chi connectivity index (χ0v) is 37.6. The molecule has 322 valence electrons. The van der Waals surface area contributed by atoms with E-state index in [1.54, 1.807) is 0 Å². The third-order valence-corrected chi connectivity index (χ3v) is 14.2.